The highest BCUT2D eigenvalue weighted by atomic mass is 35.5. The molecule has 0 spiro atoms. The second kappa shape index (κ2) is 7.32. The average molecular weight is 350 g/mol. The molecule has 4 nitrogen and oxygen atoms in total. The summed E-state index contributed by atoms with van der Waals surface area (Å²) in [5.74, 6) is 0.890. The summed E-state index contributed by atoms with van der Waals surface area (Å²) in [5.41, 5.74) is 1.20. The Balaban J connectivity index is 1.65. The van der Waals surface area contributed by atoms with Crippen LogP contribution in [-0.4, -0.2) is 37.3 Å². The van der Waals surface area contributed by atoms with E-state index in [0.29, 0.717) is 24.8 Å². The summed E-state index contributed by atoms with van der Waals surface area (Å²) in [6, 6.07) is 8.45. The van der Waals surface area contributed by atoms with Gasteiger partial charge in [0.25, 0.3) is 0 Å². The molecule has 0 aliphatic carbocycles. The summed E-state index contributed by atoms with van der Waals surface area (Å²) in [5, 5.41) is 7.71. The first-order chi connectivity index (χ1) is 11.5. The van der Waals surface area contributed by atoms with Gasteiger partial charge in [-0.15, -0.1) is 0 Å². The molecular formula is C19H28ClN3O. The molecule has 0 amide bonds. The summed E-state index contributed by atoms with van der Waals surface area (Å²) in [7, 11) is 0. The van der Waals surface area contributed by atoms with E-state index in [1.807, 2.05) is 12.1 Å². The van der Waals surface area contributed by atoms with Crippen LogP contribution in [-0.2, 0) is 10.2 Å². The maximum Gasteiger partial charge on any atom is 0.191 e. The van der Waals surface area contributed by atoms with Crippen LogP contribution in [0.25, 0.3) is 0 Å². The molecule has 3 atom stereocenters. The standard InChI is InChI=1S/C19H28ClN3O/c1-4-21-18(23-16-11-15-9-10-17(16)24-15)22-12-19(2,3)13-5-7-14(20)8-6-13/h5-8,15-17H,4,9-12H2,1-3H3,(H2,21,22,23). The number of guanidine groups is 1. The minimum Gasteiger partial charge on any atom is -0.373 e. The van der Waals surface area contributed by atoms with Crippen molar-refractivity contribution in [2.24, 2.45) is 4.99 Å². The van der Waals surface area contributed by atoms with Gasteiger partial charge in [0.15, 0.2) is 5.96 Å². The van der Waals surface area contributed by atoms with Gasteiger partial charge in [-0.2, -0.15) is 0 Å². The van der Waals surface area contributed by atoms with Crippen LogP contribution < -0.4 is 10.6 Å². The molecule has 2 aliphatic heterocycles. The number of halogens is 1. The van der Waals surface area contributed by atoms with E-state index >= 15 is 0 Å². The quantitative estimate of drug-likeness (QED) is 0.631. The first-order valence-corrected chi connectivity index (χ1v) is 9.32. The Bertz CT molecular complexity index is 585. The van der Waals surface area contributed by atoms with E-state index in [9.17, 15) is 0 Å². The van der Waals surface area contributed by atoms with Crippen LogP contribution in [0.1, 0.15) is 45.6 Å². The molecule has 2 saturated heterocycles. The van der Waals surface area contributed by atoms with Crippen molar-refractivity contribution in [2.75, 3.05) is 13.1 Å². The maximum atomic E-state index is 6.00. The number of benzene rings is 1. The lowest BCUT2D eigenvalue weighted by atomic mass is 9.85. The zero-order chi connectivity index (χ0) is 17.2. The van der Waals surface area contributed by atoms with Crippen molar-refractivity contribution in [1.29, 1.82) is 0 Å². The van der Waals surface area contributed by atoms with Crippen LogP contribution in [0.4, 0.5) is 0 Å². The van der Waals surface area contributed by atoms with Gasteiger partial charge in [0, 0.05) is 17.0 Å². The first-order valence-electron chi connectivity index (χ1n) is 8.94. The van der Waals surface area contributed by atoms with Crippen molar-refractivity contribution in [3.05, 3.63) is 34.9 Å². The molecule has 5 heteroatoms. The van der Waals surface area contributed by atoms with Gasteiger partial charge in [-0.3, -0.25) is 4.99 Å². The predicted octanol–water partition coefficient (Wildman–Crippen LogP) is 3.49. The Kier molecular flexibility index (Phi) is 5.36. The van der Waals surface area contributed by atoms with Crippen molar-refractivity contribution < 1.29 is 4.74 Å². The van der Waals surface area contributed by atoms with Crippen molar-refractivity contribution in [3.8, 4) is 0 Å². The van der Waals surface area contributed by atoms with Crippen LogP contribution in [0, 0.1) is 0 Å². The Morgan fingerprint density at radius 1 is 1.29 bits per heavy atom. The van der Waals surface area contributed by atoms with Gasteiger partial charge < -0.3 is 15.4 Å². The van der Waals surface area contributed by atoms with E-state index in [2.05, 4.69) is 43.5 Å². The van der Waals surface area contributed by atoms with E-state index in [4.69, 9.17) is 21.3 Å². The van der Waals surface area contributed by atoms with Crippen LogP contribution >= 0.6 is 11.6 Å². The lowest BCUT2D eigenvalue weighted by molar-refractivity contribution is 0.0992. The van der Waals surface area contributed by atoms with E-state index in [-0.39, 0.29) is 5.41 Å². The lowest BCUT2D eigenvalue weighted by Crippen LogP contribution is -2.47. The van der Waals surface area contributed by atoms with Gasteiger partial charge in [-0.1, -0.05) is 37.6 Å². The predicted molar refractivity (Wildman–Crippen MR) is 99.9 cm³/mol. The number of nitrogens with zero attached hydrogens (tertiary/aromatic N) is 1. The van der Waals surface area contributed by atoms with Gasteiger partial charge in [0.1, 0.15) is 0 Å². The van der Waals surface area contributed by atoms with E-state index < -0.39 is 0 Å². The normalized spacial score (nSPS) is 26.7. The zero-order valence-electron chi connectivity index (χ0n) is 14.8. The molecule has 3 unspecified atom stereocenters. The maximum absolute atomic E-state index is 6.00. The summed E-state index contributed by atoms with van der Waals surface area (Å²) in [6.07, 6.45) is 4.26. The van der Waals surface area contributed by atoms with Gasteiger partial charge in [-0.05, 0) is 43.9 Å². The molecule has 2 bridgehead atoms. The van der Waals surface area contributed by atoms with Gasteiger partial charge in [0.05, 0.1) is 24.8 Å². The summed E-state index contributed by atoms with van der Waals surface area (Å²) in [6.45, 7) is 8.09. The zero-order valence-corrected chi connectivity index (χ0v) is 15.6. The van der Waals surface area contributed by atoms with Gasteiger partial charge >= 0.3 is 0 Å². The molecule has 1 aromatic rings. The van der Waals surface area contributed by atoms with Crippen LogP contribution in [0.2, 0.25) is 5.02 Å². The highest BCUT2D eigenvalue weighted by Gasteiger charge is 2.41. The number of hydrogen-bond acceptors (Lipinski definition) is 2. The summed E-state index contributed by atoms with van der Waals surface area (Å²) < 4.78 is 5.93. The minimum atomic E-state index is -0.0435. The minimum absolute atomic E-state index is 0.0435. The fourth-order valence-corrected chi connectivity index (χ4v) is 3.68. The Hall–Kier alpha value is -1.26. The molecule has 1 aromatic carbocycles. The fraction of sp³-hybridized carbons (Fsp3) is 0.632. The number of fused-ring (bicyclic) bond motifs is 2. The number of rotatable bonds is 5. The number of nitrogens with one attached hydrogen (secondary N) is 2. The van der Waals surface area contributed by atoms with Crippen LogP contribution in [0.5, 0.6) is 0 Å². The molecule has 0 radical (unpaired) electrons. The number of hydrogen-bond donors (Lipinski definition) is 2. The Morgan fingerprint density at radius 3 is 2.62 bits per heavy atom. The molecule has 0 aromatic heterocycles. The molecule has 2 aliphatic rings. The third-order valence-corrected chi connectivity index (χ3v) is 5.28. The highest BCUT2D eigenvalue weighted by Crippen LogP contribution is 2.34. The Labute approximate surface area is 150 Å². The number of aliphatic imine (C=N–C) groups is 1. The van der Waals surface area contributed by atoms with E-state index in [0.717, 1.165) is 30.4 Å². The van der Waals surface area contributed by atoms with E-state index in [1.165, 1.54) is 12.0 Å². The van der Waals surface area contributed by atoms with Crippen molar-refractivity contribution in [3.63, 3.8) is 0 Å². The van der Waals surface area contributed by atoms with Crippen LogP contribution in [0.15, 0.2) is 29.3 Å². The molecule has 2 fully saturated rings. The van der Waals surface area contributed by atoms with Crippen molar-refractivity contribution in [2.45, 2.75) is 63.7 Å². The smallest absolute Gasteiger partial charge is 0.191 e. The fourth-order valence-electron chi connectivity index (χ4n) is 3.55. The summed E-state index contributed by atoms with van der Waals surface area (Å²) in [4.78, 5) is 4.84. The van der Waals surface area contributed by atoms with Crippen molar-refractivity contribution in [1.82, 2.24) is 10.6 Å². The van der Waals surface area contributed by atoms with Gasteiger partial charge in [0.2, 0.25) is 0 Å². The van der Waals surface area contributed by atoms with Crippen LogP contribution in [0.3, 0.4) is 0 Å². The summed E-state index contributed by atoms with van der Waals surface area (Å²) >= 11 is 6.00. The monoisotopic (exact) mass is 349 g/mol. The third kappa shape index (κ3) is 4.04. The third-order valence-electron chi connectivity index (χ3n) is 5.03. The molecule has 2 N–H and O–H groups in total. The highest BCUT2D eigenvalue weighted by molar-refractivity contribution is 6.30. The average Bonchev–Trinajstić information content (AvgIpc) is 3.16. The lowest BCUT2D eigenvalue weighted by Gasteiger charge is -2.26. The second-order valence-electron chi connectivity index (χ2n) is 7.45. The molecule has 132 valence electrons. The Morgan fingerprint density at radius 2 is 2.04 bits per heavy atom. The molecule has 3 rings (SSSR count). The second-order valence-corrected chi connectivity index (χ2v) is 7.88. The molecular weight excluding hydrogens is 322 g/mol. The van der Waals surface area contributed by atoms with Gasteiger partial charge in [-0.25, -0.2) is 0 Å². The topological polar surface area (TPSA) is 45.7 Å². The largest absolute Gasteiger partial charge is 0.373 e. The molecule has 2 heterocycles. The SMILES string of the molecule is CCNC(=NCC(C)(C)c1ccc(Cl)cc1)NC1CC2CCC1O2. The van der Waals surface area contributed by atoms with E-state index in [1.54, 1.807) is 0 Å². The number of ether oxygens (including phenoxy) is 1. The van der Waals surface area contributed by atoms with Crippen molar-refractivity contribution >= 4 is 17.6 Å². The molecule has 24 heavy (non-hydrogen) atoms. The molecule has 0 saturated carbocycles. The first kappa shape index (κ1) is 17.6.